The Morgan fingerprint density at radius 1 is 1.17 bits per heavy atom. The fraction of sp³-hybridized carbons (Fsp3) is 0.625. The second kappa shape index (κ2) is 7.20. The molecule has 0 amide bonds. The molecule has 6 heteroatoms. The predicted molar refractivity (Wildman–Crippen MR) is 116 cm³/mol. The van der Waals surface area contributed by atoms with Crippen molar-refractivity contribution in [3.05, 3.63) is 41.0 Å². The van der Waals surface area contributed by atoms with Crippen molar-refractivity contribution in [2.45, 2.75) is 83.3 Å². The predicted octanol–water partition coefficient (Wildman–Crippen LogP) is 4.61. The van der Waals surface area contributed by atoms with Gasteiger partial charge in [0.2, 0.25) is 10.0 Å². The molecule has 2 atom stereocenters. The molecule has 1 aromatic carbocycles. The fourth-order valence-corrected chi connectivity index (χ4v) is 6.95. The van der Waals surface area contributed by atoms with E-state index in [4.69, 9.17) is 4.74 Å². The molecule has 0 saturated heterocycles. The van der Waals surface area contributed by atoms with E-state index in [-0.39, 0.29) is 23.3 Å². The van der Waals surface area contributed by atoms with Crippen LogP contribution in [0.2, 0.25) is 0 Å². The van der Waals surface area contributed by atoms with Crippen LogP contribution in [0.1, 0.15) is 65.4 Å². The first-order valence-electron chi connectivity index (χ1n) is 11.0. The van der Waals surface area contributed by atoms with Gasteiger partial charge in [-0.15, -0.1) is 0 Å². The number of carbonyl (C=O) groups excluding carboxylic acids is 1. The number of ether oxygens (including phenoxy) is 1. The van der Waals surface area contributed by atoms with Crippen LogP contribution < -0.4 is 0 Å². The molecule has 1 heterocycles. The summed E-state index contributed by atoms with van der Waals surface area (Å²) in [5, 5.41) is 0. The summed E-state index contributed by atoms with van der Waals surface area (Å²) < 4.78 is 34.1. The highest BCUT2D eigenvalue weighted by Crippen LogP contribution is 2.63. The fourth-order valence-electron chi connectivity index (χ4n) is 5.34. The maximum Gasteiger partial charge on any atom is 0.309 e. The molecule has 2 unspecified atom stereocenters. The van der Waals surface area contributed by atoms with Crippen molar-refractivity contribution in [2.75, 3.05) is 6.54 Å². The average Bonchev–Trinajstić information content (AvgIpc) is 3.39. The summed E-state index contributed by atoms with van der Waals surface area (Å²) in [7, 11) is -3.55. The highest BCUT2D eigenvalue weighted by Gasteiger charge is 2.56. The Kier molecular flexibility index (Phi) is 5.17. The minimum atomic E-state index is -3.55. The lowest BCUT2D eigenvalue weighted by molar-refractivity contribution is -0.161. The van der Waals surface area contributed by atoms with Crippen molar-refractivity contribution < 1.29 is 17.9 Å². The molecular formula is C24H33NO4S. The van der Waals surface area contributed by atoms with Gasteiger partial charge in [0.15, 0.2) is 0 Å². The van der Waals surface area contributed by atoms with Gasteiger partial charge in [0.25, 0.3) is 0 Å². The van der Waals surface area contributed by atoms with E-state index in [0.29, 0.717) is 24.3 Å². The molecular weight excluding hydrogens is 398 g/mol. The standard InChI is InChI=1S/C24H33NO4S/c1-16-6-8-20(9-7-16)30(27,28)25-13-10-18-14-19(22(26)29-23(3,4)5)15-24(11-12-24)21(18)17(25)2/h6-9,17,19H,10-15H2,1-5H3. The monoisotopic (exact) mass is 431 g/mol. The molecule has 2 aliphatic carbocycles. The second-order valence-electron chi connectivity index (χ2n) is 10.3. The van der Waals surface area contributed by atoms with E-state index < -0.39 is 15.6 Å². The van der Waals surface area contributed by atoms with Gasteiger partial charge in [0, 0.05) is 12.6 Å². The number of benzene rings is 1. The van der Waals surface area contributed by atoms with Gasteiger partial charge in [0.1, 0.15) is 5.60 Å². The molecule has 30 heavy (non-hydrogen) atoms. The Balaban J connectivity index is 1.61. The lowest BCUT2D eigenvalue weighted by Crippen LogP contribution is -2.47. The number of carbonyl (C=O) groups is 1. The van der Waals surface area contributed by atoms with Gasteiger partial charge in [-0.2, -0.15) is 4.31 Å². The molecule has 4 rings (SSSR count). The largest absolute Gasteiger partial charge is 0.460 e. The van der Waals surface area contributed by atoms with Gasteiger partial charge in [-0.1, -0.05) is 23.3 Å². The lowest BCUT2D eigenvalue weighted by Gasteiger charge is -2.44. The normalized spacial score (nSPS) is 26.4. The Morgan fingerprint density at radius 2 is 1.80 bits per heavy atom. The number of fused-ring (bicyclic) bond motifs is 1. The number of sulfonamides is 1. The molecule has 5 nitrogen and oxygen atoms in total. The summed E-state index contributed by atoms with van der Waals surface area (Å²) in [4.78, 5) is 13.1. The first kappa shape index (κ1) is 21.6. The number of hydrogen-bond acceptors (Lipinski definition) is 4. The first-order chi connectivity index (χ1) is 13.9. The van der Waals surface area contributed by atoms with Gasteiger partial charge in [-0.05, 0) is 89.8 Å². The van der Waals surface area contributed by atoms with Crippen LogP contribution in [-0.2, 0) is 19.6 Å². The van der Waals surface area contributed by atoms with E-state index in [1.54, 1.807) is 16.4 Å². The van der Waals surface area contributed by atoms with Crippen molar-refractivity contribution in [3.63, 3.8) is 0 Å². The van der Waals surface area contributed by atoms with Crippen LogP contribution >= 0.6 is 0 Å². The van der Waals surface area contributed by atoms with Gasteiger partial charge in [-0.25, -0.2) is 8.42 Å². The molecule has 1 saturated carbocycles. The van der Waals surface area contributed by atoms with Crippen molar-refractivity contribution in [3.8, 4) is 0 Å². The van der Waals surface area contributed by atoms with Crippen LogP contribution in [0.5, 0.6) is 0 Å². The van der Waals surface area contributed by atoms with Crippen LogP contribution in [0.15, 0.2) is 40.3 Å². The maximum atomic E-state index is 13.4. The van der Waals surface area contributed by atoms with Gasteiger partial charge in [-0.3, -0.25) is 4.79 Å². The maximum absolute atomic E-state index is 13.4. The zero-order chi connectivity index (χ0) is 21.9. The summed E-state index contributed by atoms with van der Waals surface area (Å²) >= 11 is 0. The molecule has 0 radical (unpaired) electrons. The van der Waals surface area contributed by atoms with Crippen LogP contribution in [0.4, 0.5) is 0 Å². The number of rotatable bonds is 3. The van der Waals surface area contributed by atoms with Crippen LogP contribution in [-0.4, -0.2) is 36.9 Å². The van der Waals surface area contributed by atoms with Gasteiger partial charge >= 0.3 is 5.97 Å². The zero-order valence-corrected chi connectivity index (χ0v) is 19.5. The van der Waals surface area contributed by atoms with Crippen molar-refractivity contribution >= 4 is 16.0 Å². The Labute approximate surface area is 180 Å². The van der Waals surface area contributed by atoms with E-state index in [1.807, 2.05) is 46.8 Å². The van der Waals surface area contributed by atoms with Crippen LogP contribution in [0.25, 0.3) is 0 Å². The third-order valence-electron chi connectivity index (χ3n) is 6.79. The summed E-state index contributed by atoms with van der Waals surface area (Å²) in [6, 6.07) is 6.93. The van der Waals surface area contributed by atoms with E-state index in [9.17, 15) is 13.2 Å². The number of nitrogens with zero attached hydrogens (tertiary/aromatic N) is 1. The highest BCUT2D eigenvalue weighted by atomic mass is 32.2. The summed E-state index contributed by atoms with van der Waals surface area (Å²) in [6.07, 6.45) is 4.26. The lowest BCUT2D eigenvalue weighted by atomic mass is 9.70. The van der Waals surface area contributed by atoms with Crippen molar-refractivity contribution in [1.29, 1.82) is 0 Å². The Morgan fingerprint density at radius 3 is 2.37 bits per heavy atom. The number of esters is 1. The highest BCUT2D eigenvalue weighted by molar-refractivity contribution is 7.89. The molecule has 1 fully saturated rings. The average molecular weight is 432 g/mol. The summed E-state index contributed by atoms with van der Waals surface area (Å²) in [5.74, 6) is -0.222. The number of aryl methyl sites for hydroxylation is 1. The molecule has 3 aliphatic rings. The molecule has 1 spiro atoms. The van der Waals surface area contributed by atoms with E-state index in [1.165, 1.54) is 11.1 Å². The van der Waals surface area contributed by atoms with Crippen LogP contribution in [0.3, 0.4) is 0 Å². The molecule has 164 valence electrons. The Bertz CT molecular complexity index is 981. The minimum Gasteiger partial charge on any atom is -0.460 e. The van der Waals surface area contributed by atoms with Crippen molar-refractivity contribution in [2.24, 2.45) is 11.3 Å². The molecule has 1 aromatic rings. The number of hydrogen-bond donors (Lipinski definition) is 0. The molecule has 1 aliphatic heterocycles. The third kappa shape index (κ3) is 3.84. The van der Waals surface area contributed by atoms with Crippen molar-refractivity contribution in [1.82, 2.24) is 4.31 Å². The minimum absolute atomic E-state index is 0.0178. The summed E-state index contributed by atoms with van der Waals surface area (Å²) in [6.45, 7) is 10.2. The van der Waals surface area contributed by atoms with E-state index in [2.05, 4.69) is 0 Å². The second-order valence-corrected chi connectivity index (χ2v) is 12.2. The van der Waals surface area contributed by atoms with Gasteiger partial charge in [0.05, 0.1) is 10.8 Å². The quantitative estimate of drug-likeness (QED) is 0.518. The topological polar surface area (TPSA) is 63.7 Å². The van der Waals surface area contributed by atoms with Crippen LogP contribution in [0, 0.1) is 18.3 Å². The first-order valence-corrected chi connectivity index (χ1v) is 12.4. The SMILES string of the molecule is Cc1ccc(S(=O)(=O)N2CCC3=C(C2C)C2(CC2)CC(C(=O)OC(C)(C)C)C3)cc1. The molecule has 0 aromatic heterocycles. The van der Waals surface area contributed by atoms with E-state index >= 15 is 0 Å². The third-order valence-corrected chi connectivity index (χ3v) is 8.77. The van der Waals surface area contributed by atoms with Gasteiger partial charge < -0.3 is 4.74 Å². The van der Waals surface area contributed by atoms with E-state index in [0.717, 1.165) is 24.8 Å². The summed E-state index contributed by atoms with van der Waals surface area (Å²) in [5.41, 5.74) is 3.11. The smallest absolute Gasteiger partial charge is 0.309 e. The Hall–Kier alpha value is -1.66. The molecule has 0 bridgehead atoms. The zero-order valence-electron chi connectivity index (χ0n) is 18.7. The molecule has 0 N–H and O–H groups in total.